The number of aromatic nitrogens is 1. The number of benzene rings is 1. The predicted octanol–water partition coefficient (Wildman–Crippen LogP) is 2.68. The van der Waals surface area contributed by atoms with Crippen molar-refractivity contribution in [2.75, 3.05) is 18.4 Å². The van der Waals surface area contributed by atoms with Crippen LogP contribution in [-0.4, -0.2) is 18.1 Å². The maximum absolute atomic E-state index is 13.6. The molecule has 2 rings (SSSR count). The number of pyridine rings is 1. The zero-order valence-corrected chi connectivity index (χ0v) is 11.6. The van der Waals surface area contributed by atoms with Crippen LogP contribution in [0.1, 0.15) is 17.5 Å². The molecule has 0 bridgehead atoms. The molecular weight excluding hydrogens is 267 g/mol. The van der Waals surface area contributed by atoms with Crippen molar-refractivity contribution in [2.24, 2.45) is 0 Å². The molecule has 1 heterocycles. The highest BCUT2D eigenvalue weighted by molar-refractivity contribution is 5.48. The Balaban J connectivity index is 1.65. The normalized spacial score (nSPS) is 10.1. The van der Waals surface area contributed by atoms with Crippen molar-refractivity contribution in [3.8, 4) is 6.07 Å². The summed E-state index contributed by atoms with van der Waals surface area (Å²) in [7, 11) is 0. The summed E-state index contributed by atoms with van der Waals surface area (Å²) in [5, 5.41) is 15.0. The lowest BCUT2D eigenvalue weighted by Crippen LogP contribution is -2.18. The molecule has 0 atom stereocenters. The van der Waals surface area contributed by atoms with Gasteiger partial charge in [0.1, 0.15) is 5.82 Å². The first kappa shape index (κ1) is 14.9. The van der Waals surface area contributed by atoms with Crippen LogP contribution in [0, 0.1) is 17.1 Å². The summed E-state index contributed by atoms with van der Waals surface area (Å²) in [6.45, 7) is 2.28. The van der Waals surface area contributed by atoms with Crippen LogP contribution in [0.3, 0.4) is 0 Å². The highest BCUT2D eigenvalue weighted by Gasteiger charge is 2.02. The molecule has 0 aliphatic rings. The summed E-state index contributed by atoms with van der Waals surface area (Å²) in [6.07, 6.45) is 4.45. The second kappa shape index (κ2) is 7.98. The van der Waals surface area contributed by atoms with Crippen LogP contribution in [0.2, 0.25) is 0 Å². The Kier molecular flexibility index (Phi) is 5.68. The van der Waals surface area contributed by atoms with Gasteiger partial charge in [-0.15, -0.1) is 0 Å². The molecule has 0 fully saturated rings. The minimum Gasteiger partial charge on any atom is -0.383 e. The third-order valence-corrected chi connectivity index (χ3v) is 3.00. The van der Waals surface area contributed by atoms with E-state index in [2.05, 4.69) is 15.6 Å². The van der Waals surface area contributed by atoms with Gasteiger partial charge in [-0.3, -0.25) is 4.98 Å². The molecule has 0 radical (unpaired) electrons. The molecule has 0 spiro atoms. The summed E-state index contributed by atoms with van der Waals surface area (Å²) in [6, 6.07) is 10.3. The van der Waals surface area contributed by atoms with E-state index in [1.165, 1.54) is 6.07 Å². The van der Waals surface area contributed by atoms with Crippen molar-refractivity contribution in [1.82, 2.24) is 10.3 Å². The van der Waals surface area contributed by atoms with Gasteiger partial charge in [-0.05, 0) is 42.8 Å². The van der Waals surface area contributed by atoms with Crippen molar-refractivity contribution in [1.29, 1.82) is 5.26 Å². The Labute approximate surface area is 123 Å². The third kappa shape index (κ3) is 4.86. The molecule has 0 saturated heterocycles. The van der Waals surface area contributed by atoms with Crippen LogP contribution < -0.4 is 10.6 Å². The average molecular weight is 284 g/mol. The van der Waals surface area contributed by atoms with E-state index in [1.807, 2.05) is 24.4 Å². The summed E-state index contributed by atoms with van der Waals surface area (Å²) in [5.74, 6) is -0.391. The fraction of sp³-hybridized carbons (Fsp3) is 0.250. The number of anilines is 1. The van der Waals surface area contributed by atoms with E-state index >= 15 is 0 Å². The molecular formula is C16H17FN4. The lowest BCUT2D eigenvalue weighted by Gasteiger charge is -2.08. The number of nitriles is 1. The molecule has 5 heteroatoms. The van der Waals surface area contributed by atoms with E-state index < -0.39 is 5.82 Å². The fourth-order valence-corrected chi connectivity index (χ4v) is 1.90. The SMILES string of the molecule is N#Cc1ccc(NCCCNCc2cccnc2)c(F)c1. The standard InChI is InChI=1S/C16H17FN4/c17-15-9-13(10-18)4-5-16(15)21-8-2-7-20-12-14-3-1-6-19-11-14/h1,3-6,9,11,20-21H,2,7-8,12H2. The summed E-state index contributed by atoms with van der Waals surface area (Å²) < 4.78 is 13.6. The minimum absolute atomic E-state index is 0.330. The summed E-state index contributed by atoms with van der Waals surface area (Å²) >= 11 is 0. The van der Waals surface area contributed by atoms with Gasteiger partial charge in [-0.1, -0.05) is 6.07 Å². The summed E-state index contributed by atoms with van der Waals surface area (Å²) in [4.78, 5) is 4.05. The molecule has 0 aliphatic heterocycles. The minimum atomic E-state index is -0.391. The van der Waals surface area contributed by atoms with Gasteiger partial charge >= 0.3 is 0 Å². The van der Waals surface area contributed by atoms with E-state index in [-0.39, 0.29) is 0 Å². The number of rotatable bonds is 7. The van der Waals surface area contributed by atoms with Gasteiger partial charge < -0.3 is 10.6 Å². The molecule has 1 aromatic heterocycles. The number of nitrogens with zero attached hydrogens (tertiary/aromatic N) is 2. The summed E-state index contributed by atoms with van der Waals surface area (Å²) in [5.41, 5.74) is 1.90. The molecule has 0 amide bonds. The molecule has 108 valence electrons. The van der Waals surface area contributed by atoms with Crippen molar-refractivity contribution in [3.63, 3.8) is 0 Å². The van der Waals surface area contributed by atoms with Gasteiger partial charge in [0.25, 0.3) is 0 Å². The molecule has 4 nitrogen and oxygen atoms in total. The Morgan fingerprint density at radius 1 is 1.24 bits per heavy atom. The second-order valence-corrected chi connectivity index (χ2v) is 4.62. The molecule has 0 aliphatic carbocycles. The molecule has 0 unspecified atom stereocenters. The maximum atomic E-state index is 13.6. The first-order valence-corrected chi connectivity index (χ1v) is 6.83. The van der Waals surface area contributed by atoms with Crippen LogP contribution in [0.5, 0.6) is 0 Å². The van der Waals surface area contributed by atoms with E-state index in [0.29, 0.717) is 17.8 Å². The van der Waals surface area contributed by atoms with Gasteiger partial charge in [-0.25, -0.2) is 4.39 Å². The van der Waals surface area contributed by atoms with E-state index in [0.717, 1.165) is 25.1 Å². The maximum Gasteiger partial charge on any atom is 0.147 e. The molecule has 21 heavy (non-hydrogen) atoms. The van der Waals surface area contributed by atoms with Crippen LogP contribution in [0.25, 0.3) is 0 Å². The topological polar surface area (TPSA) is 60.7 Å². The quantitative estimate of drug-likeness (QED) is 0.767. The molecule has 0 saturated carbocycles. The lowest BCUT2D eigenvalue weighted by molar-refractivity contribution is 0.626. The predicted molar refractivity (Wildman–Crippen MR) is 80.2 cm³/mol. The van der Waals surface area contributed by atoms with Crippen molar-refractivity contribution in [2.45, 2.75) is 13.0 Å². The van der Waals surface area contributed by atoms with Crippen LogP contribution in [-0.2, 0) is 6.54 Å². The molecule has 2 aromatic rings. The van der Waals surface area contributed by atoms with Gasteiger partial charge in [0, 0.05) is 25.5 Å². The highest BCUT2D eigenvalue weighted by atomic mass is 19.1. The van der Waals surface area contributed by atoms with Crippen molar-refractivity contribution >= 4 is 5.69 Å². The van der Waals surface area contributed by atoms with Gasteiger partial charge in [-0.2, -0.15) is 5.26 Å². The zero-order valence-electron chi connectivity index (χ0n) is 11.6. The smallest absolute Gasteiger partial charge is 0.147 e. The Hall–Kier alpha value is -2.45. The van der Waals surface area contributed by atoms with E-state index in [9.17, 15) is 4.39 Å². The van der Waals surface area contributed by atoms with Crippen LogP contribution in [0.4, 0.5) is 10.1 Å². The van der Waals surface area contributed by atoms with E-state index in [1.54, 1.807) is 18.3 Å². The van der Waals surface area contributed by atoms with Gasteiger partial charge in [0.2, 0.25) is 0 Å². The Bertz CT molecular complexity index is 607. The lowest BCUT2D eigenvalue weighted by atomic mass is 10.2. The van der Waals surface area contributed by atoms with Gasteiger partial charge in [0.05, 0.1) is 17.3 Å². The number of hydrogen-bond acceptors (Lipinski definition) is 4. The van der Waals surface area contributed by atoms with Crippen molar-refractivity contribution in [3.05, 3.63) is 59.7 Å². The highest BCUT2D eigenvalue weighted by Crippen LogP contribution is 2.14. The first-order chi connectivity index (χ1) is 10.3. The zero-order chi connectivity index (χ0) is 14.9. The van der Waals surface area contributed by atoms with Crippen molar-refractivity contribution < 1.29 is 4.39 Å². The number of nitrogens with one attached hydrogen (secondary N) is 2. The third-order valence-electron chi connectivity index (χ3n) is 3.00. The Morgan fingerprint density at radius 2 is 2.14 bits per heavy atom. The van der Waals surface area contributed by atoms with Crippen LogP contribution in [0.15, 0.2) is 42.7 Å². The average Bonchev–Trinajstić information content (AvgIpc) is 2.53. The first-order valence-electron chi connectivity index (χ1n) is 6.83. The number of halogens is 1. The van der Waals surface area contributed by atoms with Crippen LogP contribution >= 0.6 is 0 Å². The monoisotopic (exact) mass is 284 g/mol. The molecule has 2 N–H and O–H groups in total. The van der Waals surface area contributed by atoms with Gasteiger partial charge in [0.15, 0.2) is 0 Å². The number of hydrogen-bond donors (Lipinski definition) is 2. The van der Waals surface area contributed by atoms with E-state index in [4.69, 9.17) is 5.26 Å². The molecule has 1 aromatic carbocycles. The fourth-order valence-electron chi connectivity index (χ4n) is 1.90. The second-order valence-electron chi connectivity index (χ2n) is 4.62. The largest absolute Gasteiger partial charge is 0.383 e. The Morgan fingerprint density at radius 3 is 2.86 bits per heavy atom.